The predicted octanol–water partition coefficient (Wildman–Crippen LogP) is 4.77. The van der Waals surface area contributed by atoms with Crippen LogP contribution in [0.4, 0.5) is 11.4 Å². The average Bonchev–Trinajstić information content (AvgIpc) is 3.01. The van der Waals surface area contributed by atoms with Crippen LogP contribution in [0, 0.1) is 0 Å². The molecule has 0 aliphatic carbocycles. The molecule has 0 bridgehead atoms. The third-order valence-corrected chi connectivity index (χ3v) is 5.50. The number of halogens is 1. The summed E-state index contributed by atoms with van der Waals surface area (Å²) in [5.74, 6) is -0.113. The number of hydrogen-bond acceptors (Lipinski definition) is 3. The van der Waals surface area contributed by atoms with Crippen molar-refractivity contribution in [1.82, 2.24) is 4.90 Å². The number of likely N-dealkylation sites (tertiary alicyclic amines) is 1. The molecule has 2 heterocycles. The molecule has 1 fully saturated rings. The van der Waals surface area contributed by atoms with Gasteiger partial charge in [0.15, 0.2) is 0 Å². The molecule has 4 rings (SSSR count). The second-order valence-corrected chi connectivity index (χ2v) is 7.63. The van der Waals surface area contributed by atoms with Gasteiger partial charge in [-0.05, 0) is 68.2 Å². The van der Waals surface area contributed by atoms with E-state index in [1.54, 1.807) is 12.3 Å². The Balaban J connectivity index is 1.38. The molecular weight excluding hydrogens is 358 g/mol. The van der Waals surface area contributed by atoms with Gasteiger partial charge in [0.25, 0.3) is 5.91 Å². The quantitative estimate of drug-likeness (QED) is 0.733. The van der Waals surface area contributed by atoms with Crippen LogP contribution in [0.5, 0.6) is 0 Å². The number of anilines is 2. The Labute approximate surface area is 165 Å². The van der Waals surface area contributed by atoms with Crippen molar-refractivity contribution in [3.05, 3.63) is 64.8 Å². The van der Waals surface area contributed by atoms with Crippen LogP contribution in [0.2, 0.25) is 5.02 Å². The van der Waals surface area contributed by atoms with Crippen molar-refractivity contribution in [1.29, 1.82) is 0 Å². The first-order valence-electron chi connectivity index (χ1n) is 9.58. The smallest absolute Gasteiger partial charge is 0.257 e. The van der Waals surface area contributed by atoms with Crippen molar-refractivity contribution in [2.75, 3.05) is 30.3 Å². The molecular formula is C22H24ClN3O. The SMILES string of the molecule is O=C1Nc2ccc(Cl)cc2C1=CNc1ccc(CCN2CCCCC2)cc1. The van der Waals surface area contributed by atoms with E-state index in [0.717, 1.165) is 29.9 Å². The molecule has 2 aromatic rings. The summed E-state index contributed by atoms with van der Waals surface area (Å²) in [4.78, 5) is 14.7. The van der Waals surface area contributed by atoms with Crippen LogP contribution in [0.15, 0.2) is 48.7 Å². The maximum atomic E-state index is 12.2. The van der Waals surface area contributed by atoms with Gasteiger partial charge < -0.3 is 15.5 Å². The summed E-state index contributed by atoms with van der Waals surface area (Å²) in [5, 5.41) is 6.71. The van der Waals surface area contributed by atoms with E-state index in [-0.39, 0.29) is 5.91 Å². The zero-order valence-electron chi connectivity index (χ0n) is 15.3. The average molecular weight is 382 g/mol. The molecule has 2 aromatic carbocycles. The second-order valence-electron chi connectivity index (χ2n) is 7.20. The highest BCUT2D eigenvalue weighted by Crippen LogP contribution is 2.33. The van der Waals surface area contributed by atoms with Crippen molar-refractivity contribution in [3.8, 4) is 0 Å². The van der Waals surface area contributed by atoms with E-state index >= 15 is 0 Å². The van der Waals surface area contributed by atoms with Crippen LogP contribution < -0.4 is 10.6 Å². The summed E-state index contributed by atoms with van der Waals surface area (Å²) in [6.07, 6.45) is 6.87. The number of nitrogens with one attached hydrogen (secondary N) is 2. The van der Waals surface area contributed by atoms with Crippen LogP contribution in [0.1, 0.15) is 30.4 Å². The summed E-state index contributed by atoms with van der Waals surface area (Å²) < 4.78 is 0. The predicted molar refractivity (Wildman–Crippen MR) is 112 cm³/mol. The van der Waals surface area contributed by atoms with Gasteiger partial charge in [-0.15, -0.1) is 0 Å². The van der Waals surface area contributed by atoms with Gasteiger partial charge in [0.05, 0.1) is 5.57 Å². The molecule has 0 unspecified atom stereocenters. The van der Waals surface area contributed by atoms with Crippen molar-refractivity contribution < 1.29 is 4.79 Å². The molecule has 4 nitrogen and oxygen atoms in total. The van der Waals surface area contributed by atoms with Gasteiger partial charge in [0.1, 0.15) is 0 Å². The number of carbonyl (C=O) groups is 1. The number of nitrogens with zero attached hydrogens (tertiary/aromatic N) is 1. The summed E-state index contributed by atoms with van der Waals surface area (Å²) in [7, 11) is 0. The van der Waals surface area contributed by atoms with Gasteiger partial charge in [-0.3, -0.25) is 4.79 Å². The third-order valence-electron chi connectivity index (χ3n) is 5.27. The number of rotatable bonds is 5. The van der Waals surface area contributed by atoms with Crippen LogP contribution in [0.25, 0.3) is 5.57 Å². The topological polar surface area (TPSA) is 44.4 Å². The largest absolute Gasteiger partial charge is 0.361 e. The molecule has 5 heteroatoms. The molecule has 140 valence electrons. The van der Waals surface area contributed by atoms with E-state index in [2.05, 4.69) is 39.8 Å². The highest BCUT2D eigenvalue weighted by atomic mass is 35.5. The molecule has 0 atom stereocenters. The van der Waals surface area contributed by atoms with Crippen LogP contribution in [0.3, 0.4) is 0 Å². The zero-order chi connectivity index (χ0) is 18.6. The third kappa shape index (κ3) is 4.34. The second kappa shape index (κ2) is 8.15. The molecule has 0 radical (unpaired) electrons. The van der Waals surface area contributed by atoms with E-state index in [1.807, 2.05) is 12.1 Å². The summed E-state index contributed by atoms with van der Waals surface area (Å²) in [6, 6.07) is 13.9. The Bertz CT molecular complexity index is 854. The Morgan fingerprint density at radius 2 is 1.85 bits per heavy atom. The summed E-state index contributed by atoms with van der Waals surface area (Å²) >= 11 is 6.07. The minimum atomic E-state index is -0.113. The number of hydrogen-bond donors (Lipinski definition) is 2. The Morgan fingerprint density at radius 3 is 2.63 bits per heavy atom. The molecule has 1 saturated heterocycles. The summed E-state index contributed by atoms with van der Waals surface area (Å²) in [5.41, 5.74) is 4.53. The van der Waals surface area contributed by atoms with Gasteiger partial charge in [0.2, 0.25) is 0 Å². The fourth-order valence-corrected chi connectivity index (χ4v) is 3.87. The van der Waals surface area contributed by atoms with Crippen LogP contribution in [-0.4, -0.2) is 30.4 Å². The van der Waals surface area contributed by atoms with Gasteiger partial charge in [0, 0.05) is 34.7 Å². The van der Waals surface area contributed by atoms with Gasteiger partial charge >= 0.3 is 0 Å². The molecule has 27 heavy (non-hydrogen) atoms. The Kier molecular flexibility index (Phi) is 5.46. The minimum absolute atomic E-state index is 0.113. The monoisotopic (exact) mass is 381 g/mol. The fourth-order valence-electron chi connectivity index (χ4n) is 3.70. The number of benzene rings is 2. The molecule has 2 aliphatic rings. The maximum Gasteiger partial charge on any atom is 0.257 e. The molecule has 2 aliphatic heterocycles. The first-order chi connectivity index (χ1) is 13.2. The van der Waals surface area contributed by atoms with E-state index in [9.17, 15) is 4.79 Å². The lowest BCUT2D eigenvalue weighted by Gasteiger charge is -2.26. The molecule has 1 amide bonds. The van der Waals surface area contributed by atoms with E-state index in [1.165, 1.54) is 37.9 Å². The van der Waals surface area contributed by atoms with Gasteiger partial charge in [-0.1, -0.05) is 30.2 Å². The maximum absolute atomic E-state index is 12.2. The van der Waals surface area contributed by atoms with Crippen molar-refractivity contribution in [3.63, 3.8) is 0 Å². The Hall–Kier alpha value is -2.30. The number of piperidine rings is 1. The van der Waals surface area contributed by atoms with Crippen LogP contribution >= 0.6 is 11.6 Å². The first-order valence-corrected chi connectivity index (χ1v) is 9.96. The first kappa shape index (κ1) is 18.1. The molecule has 0 spiro atoms. The highest BCUT2D eigenvalue weighted by Gasteiger charge is 2.24. The summed E-state index contributed by atoms with van der Waals surface area (Å²) in [6.45, 7) is 3.61. The van der Waals surface area contributed by atoms with Crippen molar-refractivity contribution in [2.24, 2.45) is 0 Å². The number of carbonyl (C=O) groups excluding carboxylic acids is 1. The lowest BCUT2D eigenvalue weighted by molar-refractivity contribution is -0.110. The van der Waals surface area contributed by atoms with E-state index < -0.39 is 0 Å². The lowest BCUT2D eigenvalue weighted by Crippen LogP contribution is -2.31. The highest BCUT2D eigenvalue weighted by molar-refractivity contribution is 6.34. The number of fused-ring (bicyclic) bond motifs is 1. The van der Waals surface area contributed by atoms with E-state index in [4.69, 9.17) is 11.6 Å². The fraction of sp³-hybridized carbons (Fsp3) is 0.318. The van der Waals surface area contributed by atoms with Crippen molar-refractivity contribution in [2.45, 2.75) is 25.7 Å². The van der Waals surface area contributed by atoms with Crippen LogP contribution in [-0.2, 0) is 11.2 Å². The molecule has 0 saturated carbocycles. The lowest BCUT2D eigenvalue weighted by atomic mass is 10.1. The van der Waals surface area contributed by atoms with Gasteiger partial charge in [-0.2, -0.15) is 0 Å². The zero-order valence-corrected chi connectivity index (χ0v) is 16.1. The van der Waals surface area contributed by atoms with Crippen molar-refractivity contribution >= 4 is 34.5 Å². The minimum Gasteiger partial charge on any atom is -0.361 e. The standard InChI is InChI=1S/C22H24ClN3O/c23-17-6-9-21-19(14-17)20(22(27)25-21)15-24-18-7-4-16(5-8-18)10-13-26-11-2-1-3-12-26/h4-9,14-15,24H,1-3,10-13H2,(H,25,27). The molecule has 0 aromatic heterocycles. The van der Waals surface area contributed by atoms with Gasteiger partial charge in [-0.25, -0.2) is 0 Å². The number of amides is 1. The Morgan fingerprint density at radius 1 is 1.07 bits per heavy atom. The van der Waals surface area contributed by atoms with E-state index in [0.29, 0.717) is 10.6 Å². The normalized spacial score (nSPS) is 18.4. The molecule has 2 N–H and O–H groups in total.